The van der Waals surface area contributed by atoms with Crippen molar-refractivity contribution in [3.8, 4) is 23.1 Å². The molecule has 18 heavy (non-hydrogen) atoms. The van der Waals surface area contributed by atoms with E-state index in [9.17, 15) is 0 Å². The minimum atomic E-state index is 0.207. The minimum absolute atomic E-state index is 0.207. The first-order chi connectivity index (χ1) is 8.78. The maximum Gasteiger partial charge on any atom is 0.219 e. The van der Waals surface area contributed by atoms with Crippen molar-refractivity contribution >= 4 is 0 Å². The van der Waals surface area contributed by atoms with Gasteiger partial charge in [0.2, 0.25) is 5.88 Å². The van der Waals surface area contributed by atoms with Crippen LogP contribution in [0.15, 0.2) is 42.6 Å². The molecule has 0 aliphatic heterocycles. The van der Waals surface area contributed by atoms with Crippen LogP contribution in [0.3, 0.4) is 0 Å². The lowest BCUT2D eigenvalue weighted by molar-refractivity contribution is 0.315. The van der Waals surface area contributed by atoms with Gasteiger partial charge in [0.15, 0.2) is 0 Å². The van der Waals surface area contributed by atoms with Crippen LogP contribution in [0.2, 0.25) is 0 Å². The van der Waals surface area contributed by atoms with Crippen LogP contribution in [0.5, 0.6) is 23.1 Å². The molecule has 1 aromatic heterocycles. The van der Waals surface area contributed by atoms with Crippen molar-refractivity contribution < 1.29 is 14.6 Å². The number of hydrogen-bond donors (Lipinski definition) is 1. The van der Waals surface area contributed by atoms with E-state index in [0.717, 1.165) is 12.2 Å². The molecular formula is C14H15NO3. The van der Waals surface area contributed by atoms with E-state index in [1.807, 2.05) is 6.07 Å². The van der Waals surface area contributed by atoms with Gasteiger partial charge in [-0.05, 0) is 36.8 Å². The van der Waals surface area contributed by atoms with Crippen molar-refractivity contribution in [2.24, 2.45) is 0 Å². The Kier molecular flexibility index (Phi) is 4.02. The minimum Gasteiger partial charge on any atom is -0.508 e. The predicted octanol–water partition coefficient (Wildman–Crippen LogP) is 3.37. The molecule has 0 saturated carbocycles. The van der Waals surface area contributed by atoms with Crippen molar-refractivity contribution in [1.82, 2.24) is 4.98 Å². The molecule has 0 bridgehead atoms. The monoisotopic (exact) mass is 245 g/mol. The fraction of sp³-hybridized carbons (Fsp3) is 0.214. The molecule has 1 aromatic carbocycles. The highest BCUT2D eigenvalue weighted by Crippen LogP contribution is 2.22. The molecular weight excluding hydrogens is 230 g/mol. The largest absolute Gasteiger partial charge is 0.508 e. The summed E-state index contributed by atoms with van der Waals surface area (Å²) in [6.45, 7) is 2.73. The van der Waals surface area contributed by atoms with Crippen LogP contribution in [0.1, 0.15) is 13.3 Å². The third kappa shape index (κ3) is 3.38. The van der Waals surface area contributed by atoms with Gasteiger partial charge < -0.3 is 14.6 Å². The zero-order valence-corrected chi connectivity index (χ0v) is 10.2. The first kappa shape index (κ1) is 12.2. The highest BCUT2D eigenvalue weighted by Gasteiger charge is 2.00. The smallest absolute Gasteiger partial charge is 0.219 e. The van der Waals surface area contributed by atoms with Gasteiger partial charge in [0.25, 0.3) is 0 Å². The van der Waals surface area contributed by atoms with Crippen molar-refractivity contribution in [2.75, 3.05) is 6.61 Å². The quantitative estimate of drug-likeness (QED) is 0.877. The summed E-state index contributed by atoms with van der Waals surface area (Å²) in [7, 11) is 0. The summed E-state index contributed by atoms with van der Waals surface area (Å²) in [5, 5.41) is 9.15. The van der Waals surface area contributed by atoms with Crippen molar-refractivity contribution in [1.29, 1.82) is 0 Å². The number of rotatable bonds is 5. The van der Waals surface area contributed by atoms with Gasteiger partial charge in [0.05, 0.1) is 12.8 Å². The Morgan fingerprint density at radius 2 is 1.78 bits per heavy atom. The van der Waals surface area contributed by atoms with Gasteiger partial charge in [0, 0.05) is 6.07 Å². The average Bonchev–Trinajstić information content (AvgIpc) is 2.41. The Hall–Kier alpha value is -2.23. The van der Waals surface area contributed by atoms with E-state index >= 15 is 0 Å². The molecule has 0 amide bonds. The maximum absolute atomic E-state index is 9.15. The SMILES string of the molecule is CCCOc1ccc(Oc2ccc(O)cc2)nc1. The van der Waals surface area contributed by atoms with Crippen LogP contribution in [0, 0.1) is 0 Å². The molecule has 94 valence electrons. The number of pyridine rings is 1. The summed E-state index contributed by atoms with van der Waals surface area (Å²) in [6, 6.07) is 10.1. The molecule has 0 fully saturated rings. The lowest BCUT2D eigenvalue weighted by atomic mass is 10.3. The Balaban J connectivity index is 1.99. The number of ether oxygens (including phenoxy) is 2. The zero-order valence-electron chi connectivity index (χ0n) is 10.2. The summed E-state index contributed by atoms with van der Waals surface area (Å²) < 4.78 is 10.9. The highest BCUT2D eigenvalue weighted by atomic mass is 16.5. The molecule has 1 N–H and O–H groups in total. The molecule has 0 spiro atoms. The van der Waals surface area contributed by atoms with Crippen molar-refractivity contribution in [3.63, 3.8) is 0 Å². The third-order valence-electron chi connectivity index (χ3n) is 2.24. The molecule has 1 heterocycles. The van der Waals surface area contributed by atoms with Gasteiger partial charge in [-0.15, -0.1) is 0 Å². The third-order valence-corrected chi connectivity index (χ3v) is 2.24. The standard InChI is InChI=1S/C14H15NO3/c1-2-9-17-13-7-8-14(15-10-13)18-12-5-3-11(16)4-6-12/h3-8,10,16H,2,9H2,1H3. The number of phenolic OH excluding ortho intramolecular Hbond substituents is 1. The predicted molar refractivity (Wildman–Crippen MR) is 68.2 cm³/mol. The van der Waals surface area contributed by atoms with Crippen LogP contribution < -0.4 is 9.47 Å². The van der Waals surface area contributed by atoms with Gasteiger partial charge in [-0.2, -0.15) is 0 Å². The number of aromatic hydroxyl groups is 1. The van der Waals surface area contributed by atoms with E-state index in [1.165, 1.54) is 0 Å². The van der Waals surface area contributed by atoms with Crippen molar-refractivity contribution in [2.45, 2.75) is 13.3 Å². The Morgan fingerprint density at radius 3 is 2.39 bits per heavy atom. The van der Waals surface area contributed by atoms with Crippen LogP contribution in [0.4, 0.5) is 0 Å². The Morgan fingerprint density at radius 1 is 1.06 bits per heavy atom. The van der Waals surface area contributed by atoms with Gasteiger partial charge in [-0.25, -0.2) is 4.98 Å². The number of nitrogens with zero attached hydrogens (tertiary/aromatic N) is 1. The molecule has 0 aliphatic carbocycles. The number of aromatic nitrogens is 1. The second-order valence-electron chi connectivity index (χ2n) is 3.78. The van der Waals surface area contributed by atoms with Crippen molar-refractivity contribution in [3.05, 3.63) is 42.6 Å². The lowest BCUT2D eigenvalue weighted by Gasteiger charge is -2.06. The molecule has 0 saturated heterocycles. The first-order valence-corrected chi connectivity index (χ1v) is 5.83. The van der Waals surface area contributed by atoms with E-state index in [-0.39, 0.29) is 5.75 Å². The molecule has 0 aliphatic rings. The van der Waals surface area contributed by atoms with Gasteiger partial charge in [-0.3, -0.25) is 0 Å². The Bertz CT molecular complexity index is 479. The molecule has 2 rings (SSSR count). The lowest BCUT2D eigenvalue weighted by Crippen LogP contribution is -1.95. The fourth-order valence-corrected chi connectivity index (χ4v) is 1.37. The van der Waals surface area contributed by atoms with Gasteiger partial charge >= 0.3 is 0 Å². The van der Waals surface area contributed by atoms with E-state index in [4.69, 9.17) is 14.6 Å². The summed E-state index contributed by atoms with van der Waals surface area (Å²) in [4.78, 5) is 4.14. The van der Waals surface area contributed by atoms with Crippen LogP contribution >= 0.6 is 0 Å². The first-order valence-electron chi connectivity index (χ1n) is 5.83. The van der Waals surface area contributed by atoms with Gasteiger partial charge in [-0.1, -0.05) is 6.92 Å². The molecule has 4 heteroatoms. The van der Waals surface area contributed by atoms with E-state index in [0.29, 0.717) is 18.2 Å². The summed E-state index contributed by atoms with van der Waals surface area (Å²) in [5.74, 6) is 2.06. The number of phenols is 1. The normalized spacial score (nSPS) is 10.1. The summed E-state index contributed by atoms with van der Waals surface area (Å²) in [5.41, 5.74) is 0. The van der Waals surface area contributed by atoms with E-state index in [2.05, 4.69) is 11.9 Å². The van der Waals surface area contributed by atoms with Crippen LogP contribution in [0.25, 0.3) is 0 Å². The molecule has 0 unspecified atom stereocenters. The highest BCUT2D eigenvalue weighted by molar-refractivity contribution is 5.33. The van der Waals surface area contributed by atoms with Crippen LogP contribution in [-0.4, -0.2) is 16.7 Å². The summed E-state index contributed by atoms with van der Waals surface area (Å²) >= 11 is 0. The zero-order chi connectivity index (χ0) is 12.8. The van der Waals surface area contributed by atoms with E-state index < -0.39 is 0 Å². The number of hydrogen-bond acceptors (Lipinski definition) is 4. The Labute approximate surface area is 106 Å². The van der Waals surface area contributed by atoms with Crippen LogP contribution in [-0.2, 0) is 0 Å². The topological polar surface area (TPSA) is 51.6 Å². The van der Waals surface area contributed by atoms with E-state index in [1.54, 1.807) is 36.5 Å². The summed E-state index contributed by atoms with van der Waals surface area (Å²) in [6.07, 6.45) is 2.59. The average molecular weight is 245 g/mol. The fourth-order valence-electron chi connectivity index (χ4n) is 1.37. The molecule has 4 nitrogen and oxygen atoms in total. The second kappa shape index (κ2) is 5.91. The molecule has 2 aromatic rings. The molecule has 0 atom stereocenters. The number of benzene rings is 1. The molecule has 0 radical (unpaired) electrons. The van der Waals surface area contributed by atoms with Gasteiger partial charge in [0.1, 0.15) is 17.2 Å². The second-order valence-corrected chi connectivity index (χ2v) is 3.78. The maximum atomic E-state index is 9.15.